The Kier molecular flexibility index (Phi) is 9.18. The molecule has 0 spiro atoms. The van der Waals surface area contributed by atoms with Crippen LogP contribution in [-0.4, -0.2) is 52.7 Å². The zero-order valence-corrected chi connectivity index (χ0v) is 40.1. The van der Waals surface area contributed by atoms with Gasteiger partial charge in [-0.25, -0.2) is 4.99 Å². The van der Waals surface area contributed by atoms with Crippen LogP contribution >= 0.6 is 0 Å². The van der Waals surface area contributed by atoms with Gasteiger partial charge in [0.25, 0.3) is 0 Å². The van der Waals surface area contributed by atoms with E-state index in [4.69, 9.17) is 4.99 Å². The predicted octanol–water partition coefficient (Wildman–Crippen LogP) is 13.6. The monoisotopic (exact) mass is 780 g/mol. The molecule has 4 heterocycles. The molecule has 6 aliphatic carbocycles. The van der Waals surface area contributed by atoms with E-state index in [9.17, 15) is 0 Å². The van der Waals surface area contributed by atoms with E-state index in [1.807, 2.05) is 0 Å². The van der Waals surface area contributed by atoms with Gasteiger partial charge in [0, 0.05) is 24.0 Å². The van der Waals surface area contributed by atoms with Crippen molar-refractivity contribution in [3.8, 4) is 0 Å². The summed E-state index contributed by atoms with van der Waals surface area (Å²) in [5.41, 5.74) is 1.79. The van der Waals surface area contributed by atoms with Crippen molar-refractivity contribution in [2.45, 2.75) is 235 Å². The highest BCUT2D eigenvalue weighted by Crippen LogP contribution is 2.73. The predicted molar refractivity (Wildman–Crippen MR) is 243 cm³/mol. The number of fused-ring (bicyclic) bond motifs is 10. The molecule has 0 bridgehead atoms. The van der Waals surface area contributed by atoms with Gasteiger partial charge in [-0.15, -0.1) is 0 Å². The van der Waals surface area contributed by atoms with Crippen molar-refractivity contribution >= 4 is 12.7 Å². The largest absolute Gasteiger partial charge is 0.337 e. The van der Waals surface area contributed by atoms with Gasteiger partial charge in [0.1, 0.15) is 0 Å². The topological polar surface area (TPSA) is 18.8 Å². The van der Waals surface area contributed by atoms with Crippen LogP contribution in [0.15, 0.2) is 4.99 Å². The van der Waals surface area contributed by atoms with Crippen molar-refractivity contribution in [1.82, 2.24) is 9.80 Å². The molecular formula is C53H90BN3. The van der Waals surface area contributed by atoms with E-state index in [1.54, 1.807) is 25.2 Å². The van der Waals surface area contributed by atoms with Gasteiger partial charge >= 0.3 is 0 Å². The molecule has 4 aliphatic heterocycles. The molecule has 0 aromatic heterocycles. The Labute approximate surface area is 353 Å². The van der Waals surface area contributed by atoms with Crippen molar-refractivity contribution in [3.63, 3.8) is 0 Å². The van der Waals surface area contributed by atoms with Crippen LogP contribution in [0.25, 0.3) is 0 Å². The molecule has 4 heteroatoms. The highest BCUT2D eigenvalue weighted by Gasteiger charge is 2.72. The maximum Gasteiger partial charge on any atom is 0.198 e. The molecular weight excluding hydrogens is 689 g/mol. The maximum atomic E-state index is 6.37. The van der Waals surface area contributed by atoms with E-state index < -0.39 is 0 Å². The summed E-state index contributed by atoms with van der Waals surface area (Å²) < 4.78 is 0. The summed E-state index contributed by atoms with van der Waals surface area (Å²) in [5, 5.41) is 0. The van der Waals surface area contributed by atoms with E-state index in [-0.39, 0.29) is 5.41 Å². The first-order valence-electron chi connectivity index (χ1n) is 25.6. The third-order valence-corrected chi connectivity index (χ3v) is 21.6. The van der Waals surface area contributed by atoms with Gasteiger partial charge < -0.3 is 9.80 Å². The molecule has 0 aromatic rings. The molecule has 3 saturated heterocycles. The molecule has 57 heavy (non-hydrogen) atoms. The second-order valence-corrected chi connectivity index (χ2v) is 28.9. The van der Waals surface area contributed by atoms with Gasteiger partial charge in [0.05, 0.1) is 12.1 Å². The Morgan fingerprint density at radius 3 is 1.74 bits per heavy atom. The number of aliphatic imine (C=N–C) groups is 1. The summed E-state index contributed by atoms with van der Waals surface area (Å²) in [4.78, 5) is 12.9. The van der Waals surface area contributed by atoms with Crippen molar-refractivity contribution in [3.05, 3.63) is 0 Å². The first-order chi connectivity index (χ1) is 26.4. The molecule has 19 atom stereocenters. The zero-order valence-electron chi connectivity index (χ0n) is 40.1. The smallest absolute Gasteiger partial charge is 0.198 e. The number of hydrogen-bond acceptors (Lipinski definition) is 3. The van der Waals surface area contributed by atoms with Gasteiger partial charge in [0.2, 0.25) is 0 Å². The summed E-state index contributed by atoms with van der Waals surface area (Å²) in [5.74, 6) is 13.9. The Bertz CT molecular complexity index is 1580. The molecule has 9 fully saturated rings. The van der Waals surface area contributed by atoms with E-state index in [0.717, 1.165) is 89.4 Å². The first-order valence-corrected chi connectivity index (χ1v) is 25.6. The summed E-state index contributed by atoms with van der Waals surface area (Å²) >= 11 is 0. The highest BCUT2D eigenvalue weighted by molar-refractivity contribution is 6.65. The van der Waals surface area contributed by atoms with Crippen LogP contribution in [0.3, 0.4) is 0 Å². The summed E-state index contributed by atoms with van der Waals surface area (Å²) in [6, 6.07) is 3.18. The van der Waals surface area contributed by atoms with E-state index in [0.29, 0.717) is 51.7 Å². The van der Waals surface area contributed by atoms with Gasteiger partial charge in [-0.3, -0.25) is 0 Å². The Morgan fingerprint density at radius 2 is 1.09 bits per heavy atom. The Morgan fingerprint density at radius 1 is 0.474 bits per heavy atom. The number of rotatable bonds is 0. The molecule has 3 nitrogen and oxygen atoms in total. The van der Waals surface area contributed by atoms with E-state index in [2.05, 4.69) is 114 Å². The minimum absolute atomic E-state index is 0.270. The summed E-state index contributed by atoms with van der Waals surface area (Å²) in [7, 11) is 0. The van der Waals surface area contributed by atoms with Crippen LogP contribution in [-0.2, 0) is 0 Å². The fourth-order valence-electron chi connectivity index (χ4n) is 19.0. The summed E-state index contributed by atoms with van der Waals surface area (Å²) in [6.07, 6.45) is 19.3. The Balaban J connectivity index is 1.15. The molecule has 10 rings (SSSR count). The van der Waals surface area contributed by atoms with E-state index in [1.165, 1.54) is 64.2 Å². The lowest BCUT2D eigenvalue weighted by Gasteiger charge is -2.74. The maximum absolute atomic E-state index is 6.37. The van der Waals surface area contributed by atoms with Gasteiger partial charge in [0.15, 0.2) is 12.7 Å². The third-order valence-electron chi connectivity index (χ3n) is 21.6. The minimum atomic E-state index is 0.270. The fraction of sp³-hybridized carbons (Fsp3) is 0.981. The van der Waals surface area contributed by atoms with Crippen molar-refractivity contribution in [1.29, 1.82) is 0 Å². The molecule has 10 aliphatic rings. The van der Waals surface area contributed by atoms with Crippen LogP contribution < -0.4 is 0 Å². The lowest BCUT2D eigenvalue weighted by molar-refractivity contribution is -0.121. The van der Waals surface area contributed by atoms with Gasteiger partial charge in [-0.05, 0) is 149 Å². The van der Waals surface area contributed by atoms with Crippen LogP contribution in [0.2, 0.25) is 17.5 Å². The molecule has 0 N–H and O–H groups in total. The first kappa shape index (κ1) is 40.4. The lowest BCUT2D eigenvalue weighted by atomic mass is 9.14. The molecule has 6 saturated carbocycles. The second-order valence-electron chi connectivity index (χ2n) is 28.9. The van der Waals surface area contributed by atoms with Crippen molar-refractivity contribution in [2.24, 2.45) is 97.2 Å². The van der Waals surface area contributed by atoms with Crippen LogP contribution in [0, 0.1) is 92.2 Å². The fourth-order valence-corrected chi connectivity index (χ4v) is 19.0. The van der Waals surface area contributed by atoms with Crippen LogP contribution in [0.5, 0.6) is 0 Å². The normalized spacial score (nSPS) is 49.3. The van der Waals surface area contributed by atoms with Crippen molar-refractivity contribution < 1.29 is 0 Å². The average Bonchev–Trinajstić information content (AvgIpc) is 3.50. The number of nitrogens with zero attached hydrogens (tertiary/aromatic N) is 3. The molecule has 19 unspecified atom stereocenters. The number of hydrogen-bond donors (Lipinski definition) is 0. The molecule has 0 amide bonds. The standard InChI is InChI=1S/C53H90BN3/c1-49(2,3)30-20-22-38-35(24-30)33-17-16-18-34-36(52(10,11)12)28-41-45(44(33)34)54(38)39-21-19-29-23-31(50(4,5)6)26-40-43(29)47(39)57(41)48-55-46-37(53(13,14)15)25-32(51(7,8)9)27-42(46)56(40)48/h29-47H,16-28H2,1-15H3. The van der Waals surface area contributed by atoms with Crippen LogP contribution in [0.4, 0.5) is 0 Å². The third kappa shape index (κ3) is 6.05. The zero-order chi connectivity index (χ0) is 40.7. The highest BCUT2D eigenvalue weighted by atomic mass is 15.5. The molecule has 0 radical (unpaired) electrons. The molecule has 0 aromatic carbocycles. The minimum Gasteiger partial charge on any atom is -0.337 e. The summed E-state index contributed by atoms with van der Waals surface area (Å²) in [6.45, 7) is 40.0. The Hall–Kier alpha value is -0.665. The molecule has 320 valence electrons. The van der Waals surface area contributed by atoms with Gasteiger partial charge in [-0.2, -0.15) is 0 Å². The SMILES string of the molecule is CC(C)(C)C1CCC2B3C4CCC5CC(C(C)(C)C)CC6C5C4N(C4=NC5C(CC(C(C)(C)C)CC5C(C)(C)C)N46)C4CC(C(C)(C)C)C5CCCC(C2C1)C5C34. The van der Waals surface area contributed by atoms with Gasteiger partial charge in [-0.1, -0.05) is 142 Å². The van der Waals surface area contributed by atoms with Crippen molar-refractivity contribution in [2.75, 3.05) is 0 Å². The van der Waals surface area contributed by atoms with E-state index >= 15 is 0 Å². The lowest BCUT2D eigenvalue weighted by Crippen LogP contribution is -2.78. The number of guanidine groups is 1. The quantitative estimate of drug-likeness (QED) is 0.228. The van der Waals surface area contributed by atoms with Crippen LogP contribution in [0.1, 0.15) is 187 Å². The second kappa shape index (κ2) is 12.9. The average molecular weight is 780 g/mol.